The molecule has 1 amide bonds. The van der Waals surface area contributed by atoms with E-state index in [0.717, 1.165) is 3.57 Å². The fourth-order valence-corrected chi connectivity index (χ4v) is 2.86. The van der Waals surface area contributed by atoms with E-state index >= 15 is 0 Å². The van der Waals surface area contributed by atoms with Crippen molar-refractivity contribution in [1.82, 2.24) is 5.43 Å². The summed E-state index contributed by atoms with van der Waals surface area (Å²) in [6, 6.07) is 10.3. The molecule has 1 N–H and O–H groups in total. The van der Waals surface area contributed by atoms with Crippen molar-refractivity contribution in [3.05, 3.63) is 56.1 Å². The normalized spacial score (nSPS) is 10.6. The first-order valence-electron chi connectivity index (χ1n) is 8.78. The second-order valence-electron chi connectivity index (χ2n) is 5.56. The van der Waals surface area contributed by atoms with Crippen LogP contribution in [-0.4, -0.2) is 37.9 Å². The number of hydrogen-bond acceptors (Lipinski definition) is 6. The third kappa shape index (κ3) is 7.21. The summed E-state index contributed by atoms with van der Waals surface area (Å²) in [5.41, 5.74) is 3.54. The number of ether oxygens (including phenoxy) is 3. The van der Waals surface area contributed by atoms with E-state index in [2.05, 4.69) is 33.1 Å². The molecule has 0 heterocycles. The molecular weight excluding hydrogens is 511 g/mol. The Morgan fingerprint density at radius 1 is 1.14 bits per heavy atom. The highest BCUT2D eigenvalue weighted by Crippen LogP contribution is 2.36. The van der Waals surface area contributed by atoms with Gasteiger partial charge in [0.1, 0.15) is 0 Å². The van der Waals surface area contributed by atoms with Gasteiger partial charge in [-0.05, 0) is 78.4 Å². The zero-order valence-electron chi connectivity index (χ0n) is 15.9. The molecule has 0 aliphatic carbocycles. The molecule has 2 aromatic rings. The fourth-order valence-electron chi connectivity index (χ4n) is 2.23. The first kappa shape index (κ1) is 23.0. The van der Waals surface area contributed by atoms with Crippen LogP contribution in [0, 0.1) is 3.57 Å². The van der Waals surface area contributed by atoms with E-state index in [1.54, 1.807) is 31.2 Å². The van der Waals surface area contributed by atoms with Gasteiger partial charge in [0.2, 0.25) is 0 Å². The maximum atomic E-state index is 12.1. The predicted molar refractivity (Wildman–Crippen MR) is 119 cm³/mol. The maximum Gasteiger partial charge on any atom is 0.344 e. The molecular formula is C20H20ClIN2O5. The van der Waals surface area contributed by atoms with Crippen LogP contribution in [0.3, 0.4) is 0 Å². The van der Waals surface area contributed by atoms with Crippen molar-refractivity contribution in [3.63, 3.8) is 0 Å². The van der Waals surface area contributed by atoms with Gasteiger partial charge in [-0.3, -0.25) is 4.79 Å². The highest BCUT2D eigenvalue weighted by atomic mass is 127. The highest BCUT2D eigenvalue weighted by molar-refractivity contribution is 14.1. The van der Waals surface area contributed by atoms with E-state index in [4.69, 9.17) is 25.8 Å². The SMILES string of the molecule is CCOC(=O)COc1c(Cl)cc(/C=N\NC(=O)c2ccc(I)cc2)cc1OCC. The van der Waals surface area contributed by atoms with Gasteiger partial charge in [-0.2, -0.15) is 5.10 Å². The van der Waals surface area contributed by atoms with Crippen molar-refractivity contribution >= 4 is 52.3 Å². The molecule has 2 rings (SSSR count). The minimum atomic E-state index is -0.505. The third-order valence-electron chi connectivity index (χ3n) is 3.46. The highest BCUT2D eigenvalue weighted by Gasteiger charge is 2.14. The molecule has 154 valence electrons. The number of rotatable bonds is 9. The average Bonchev–Trinajstić information content (AvgIpc) is 2.68. The maximum absolute atomic E-state index is 12.1. The van der Waals surface area contributed by atoms with E-state index in [1.165, 1.54) is 6.21 Å². The molecule has 0 aliphatic heterocycles. The molecule has 9 heteroatoms. The van der Waals surface area contributed by atoms with Crippen LogP contribution in [0.25, 0.3) is 0 Å². The lowest BCUT2D eigenvalue weighted by atomic mass is 10.2. The number of hydrogen-bond donors (Lipinski definition) is 1. The zero-order valence-corrected chi connectivity index (χ0v) is 18.8. The average molecular weight is 531 g/mol. The van der Waals surface area contributed by atoms with Crippen LogP contribution in [0.5, 0.6) is 11.5 Å². The number of amides is 1. The lowest BCUT2D eigenvalue weighted by molar-refractivity contribution is -0.145. The van der Waals surface area contributed by atoms with Crippen LogP contribution >= 0.6 is 34.2 Å². The van der Waals surface area contributed by atoms with Crippen molar-refractivity contribution in [3.8, 4) is 11.5 Å². The summed E-state index contributed by atoms with van der Waals surface area (Å²) in [6.45, 7) is 3.87. The van der Waals surface area contributed by atoms with Gasteiger partial charge in [0, 0.05) is 9.13 Å². The molecule has 0 aliphatic rings. The van der Waals surface area contributed by atoms with Crippen molar-refractivity contribution in [2.24, 2.45) is 5.10 Å². The second kappa shape index (κ2) is 11.6. The molecule has 7 nitrogen and oxygen atoms in total. The minimum absolute atomic E-state index is 0.238. The van der Waals surface area contributed by atoms with Gasteiger partial charge in [0.05, 0.1) is 24.5 Å². The first-order valence-corrected chi connectivity index (χ1v) is 10.2. The Kier molecular flexibility index (Phi) is 9.20. The molecule has 0 fully saturated rings. The van der Waals surface area contributed by atoms with Crippen molar-refractivity contribution in [2.45, 2.75) is 13.8 Å². The third-order valence-corrected chi connectivity index (χ3v) is 4.46. The number of benzene rings is 2. The van der Waals surface area contributed by atoms with E-state index in [0.29, 0.717) is 23.5 Å². The number of nitrogens with zero attached hydrogens (tertiary/aromatic N) is 1. The molecule has 0 atom stereocenters. The van der Waals surface area contributed by atoms with Crippen LogP contribution in [0.15, 0.2) is 41.5 Å². The minimum Gasteiger partial charge on any atom is -0.490 e. The van der Waals surface area contributed by atoms with E-state index in [9.17, 15) is 9.59 Å². The Hall–Kier alpha value is -2.33. The summed E-state index contributed by atoms with van der Waals surface area (Å²) in [6.07, 6.45) is 1.44. The zero-order chi connectivity index (χ0) is 21.2. The van der Waals surface area contributed by atoms with E-state index in [-0.39, 0.29) is 29.9 Å². The second-order valence-corrected chi connectivity index (χ2v) is 7.22. The van der Waals surface area contributed by atoms with Crippen LogP contribution in [0.2, 0.25) is 5.02 Å². The number of esters is 1. The van der Waals surface area contributed by atoms with Gasteiger partial charge in [-0.1, -0.05) is 11.6 Å². The summed E-state index contributed by atoms with van der Waals surface area (Å²) >= 11 is 8.44. The molecule has 0 saturated carbocycles. The predicted octanol–water partition coefficient (Wildman–Crippen LogP) is 4.05. The Morgan fingerprint density at radius 3 is 2.52 bits per heavy atom. The monoisotopic (exact) mass is 530 g/mol. The van der Waals surface area contributed by atoms with Crippen LogP contribution in [-0.2, 0) is 9.53 Å². The molecule has 0 bridgehead atoms. The largest absolute Gasteiger partial charge is 0.490 e. The van der Waals surface area contributed by atoms with Gasteiger partial charge < -0.3 is 14.2 Å². The Morgan fingerprint density at radius 2 is 1.86 bits per heavy atom. The number of carbonyl (C=O) groups is 2. The topological polar surface area (TPSA) is 86.2 Å². The van der Waals surface area contributed by atoms with Crippen molar-refractivity contribution < 1.29 is 23.8 Å². The number of halogens is 2. The summed E-state index contributed by atoms with van der Waals surface area (Å²) in [5, 5.41) is 4.20. The molecule has 2 aromatic carbocycles. The molecule has 0 saturated heterocycles. The summed E-state index contributed by atoms with van der Waals surface area (Å²) in [7, 11) is 0. The van der Waals surface area contributed by atoms with Gasteiger partial charge in [0.25, 0.3) is 5.91 Å². The molecule has 0 unspecified atom stereocenters. The molecule has 0 radical (unpaired) electrons. The summed E-state index contributed by atoms with van der Waals surface area (Å²) in [5.74, 6) is -0.241. The molecule has 29 heavy (non-hydrogen) atoms. The molecule has 0 aromatic heterocycles. The lowest BCUT2D eigenvalue weighted by Crippen LogP contribution is -2.17. The smallest absolute Gasteiger partial charge is 0.344 e. The standard InChI is InChI=1S/C20H20ClIN2O5/c1-3-27-17-10-13(9-16(21)19(17)29-12-18(25)28-4-2)11-23-24-20(26)14-5-7-15(22)8-6-14/h5-11H,3-4,12H2,1-2H3,(H,24,26)/b23-11-. The summed E-state index contributed by atoms with van der Waals surface area (Å²) in [4.78, 5) is 23.6. The van der Waals surface area contributed by atoms with E-state index in [1.807, 2.05) is 19.1 Å². The Bertz CT molecular complexity index is 887. The lowest BCUT2D eigenvalue weighted by Gasteiger charge is -2.14. The number of hydrazone groups is 1. The van der Waals surface area contributed by atoms with Gasteiger partial charge in [0.15, 0.2) is 18.1 Å². The van der Waals surface area contributed by atoms with E-state index < -0.39 is 5.97 Å². The fraction of sp³-hybridized carbons (Fsp3) is 0.250. The van der Waals surface area contributed by atoms with Crippen LogP contribution < -0.4 is 14.9 Å². The number of carbonyl (C=O) groups excluding carboxylic acids is 2. The van der Waals surface area contributed by atoms with Crippen molar-refractivity contribution in [2.75, 3.05) is 19.8 Å². The first-order chi connectivity index (χ1) is 13.9. The van der Waals surface area contributed by atoms with Gasteiger partial charge in [-0.15, -0.1) is 0 Å². The van der Waals surface area contributed by atoms with Crippen LogP contribution in [0.1, 0.15) is 29.8 Å². The molecule has 0 spiro atoms. The Balaban J connectivity index is 2.10. The van der Waals surface area contributed by atoms with Crippen LogP contribution in [0.4, 0.5) is 0 Å². The van der Waals surface area contributed by atoms with Crippen molar-refractivity contribution in [1.29, 1.82) is 0 Å². The summed E-state index contributed by atoms with van der Waals surface area (Å²) < 4.78 is 16.9. The van der Waals surface area contributed by atoms with Gasteiger partial charge >= 0.3 is 5.97 Å². The number of nitrogens with one attached hydrogen (secondary N) is 1. The van der Waals surface area contributed by atoms with Gasteiger partial charge in [-0.25, -0.2) is 10.2 Å². The quantitative estimate of drug-likeness (QED) is 0.229. The Labute approximate surface area is 187 Å².